The maximum atomic E-state index is 11.8. The van der Waals surface area contributed by atoms with Gasteiger partial charge in [-0.25, -0.2) is 9.59 Å². The molecule has 0 amide bonds. The minimum Gasteiger partial charge on any atom is -0.463 e. The van der Waals surface area contributed by atoms with Crippen molar-refractivity contribution in [3.8, 4) is 0 Å². The second-order valence-electron chi connectivity index (χ2n) is 5.97. The van der Waals surface area contributed by atoms with Crippen LogP contribution in [0.2, 0.25) is 0 Å². The highest BCUT2D eigenvalue weighted by Gasteiger charge is 2.43. The van der Waals surface area contributed by atoms with Crippen molar-refractivity contribution in [3.63, 3.8) is 0 Å². The van der Waals surface area contributed by atoms with Gasteiger partial charge in [0.1, 0.15) is 12.3 Å². The maximum absolute atomic E-state index is 11.8. The molecule has 1 aliphatic heterocycles. The molecule has 0 aliphatic carbocycles. The number of carbonyl (C=O) groups excluding carboxylic acids is 1. The van der Waals surface area contributed by atoms with Crippen LogP contribution in [0.15, 0.2) is 20.3 Å². The van der Waals surface area contributed by atoms with E-state index in [4.69, 9.17) is 9.47 Å². The Hall–Kier alpha value is -1.49. The van der Waals surface area contributed by atoms with Crippen molar-refractivity contribution in [2.45, 2.75) is 44.8 Å². The Balaban J connectivity index is 2.12. The molecule has 1 aliphatic rings. The van der Waals surface area contributed by atoms with Gasteiger partial charge in [0.2, 0.25) is 0 Å². The van der Waals surface area contributed by atoms with Crippen molar-refractivity contribution in [2.24, 2.45) is 5.92 Å². The SMILES string of the molecule is CC(C)COC(=O)C(O)[C@H]1O[C@@H](n2cc(Br)c(=O)[nH]c2=O)C[C@@H]1O. The molecule has 1 aromatic heterocycles. The number of carbonyl (C=O) groups is 1. The monoisotopic (exact) mass is 406 g/mol. The van der Waals surface area contributed by atoms with Crippen LogP contribution in [-0.4, -0.2) is 50.7 Å². The van der Waals surface area contributed by atoms with Crippen LogP contribution in [0.3, 0.4) is 0 Å². The van der Waals surface area contributed by atoms with Gasteiger partial charge in [0.15, 0.2) is 6.10 Å². The number of aromatic nitrogens is 2. The first-order valence-electron chi connectivity index (χ1n) is 7.40. The van der Waals surface area contributed by atoms with E-state index in [0.717, 1.165) is 4.57 Å². The summed E-state index contributed by atoms with van der Waals surface area (Å²) in [6.45, 7) is 3.82. The molecule has 9 nitrogen and oxygen atoms in total. The summed E-state index contributed by atoms with van der Waals surface area (Å²) in [4.78, 5) is 37.1. The topological polar surface area (TPSA) is 131 Å². The summed E-state index contributed by atoms with van der Waals surface area (Å²) in [7, 11) is 0. The van der Waals surface area contributed by atoms with Crippen LogP contribution in [0.4, 0.5) is 0 Å². The van der Waals surface area contributed by atoms with Crippen LogP contribution < -0.4 is 11.2 Å². The number of hydrogen-bond donors (Lipinski definition) is 3. The van der Waals surface area contributed by atoms with Crippen molar-refractivity contribution in [1.82, 2.24) is 9.55 Å². The lowest BCUT2D eigenvalue weighted by molar-refractivity contribution is -0.167. The van der Waals surface area contributed by atoms with Crippen LogP contribution in [0, 0.1) is 5.92 Å². The van der Waals surface area contributed by atoms with Crippen molar-refractivity contribution < 1.29 is 24.5 Å². The molecule has 1 fully saturated rings. The van der Waals surface area contributed by atoms with E-state index in [1.54, 1.807) is 0 Å². The number of hydrogen-bond acceptors (Lipinski definition) is 7. The maximum Gasteiger partial charge on any atom is 0.337 e. The molecule has 0 saturated carbocycles. The van der Waals surface area contributed by atoms with E-state index >= 15 is 0 Å². The minimum atomic E-state index is -1.68. The highest BCUT2D eigenvalue weighted by molar-refractivity contribution is 9.10. The standard InChI is InChI=1S/C14H19BrN2O7/c1-6(2)5-23-13(21)10(19)11-8(18)3-9(24-11)17-4-7(15)12(20)16-14(17)22/h4,6,8-11,18-19H,3,5H2,1-2H3,(H,16,20,22)/t8-,9+,10?,11-/m0/s1. The number of aliphatic hydroxyl groups excluding tert-OH is 2. The molecule has 3 N–H and O–H groups in total. The first-order valence-corrected chi connectivity index (χ1v) is 8.19. The number of nitrogens with one attached hydrogen (secondary N) is 1. The molecule has 0 spiro atoms. The Labute approximate surface area is 145 Å². The minimum absolute atomic E-state index is 0.0302. The second kappa shape index (κ2) is 7.60. The summed E-state index contributed by atoms with van der Waals surface area (Å²) < 4.78 is 11.5. The number of aliphatic hydroxyl groups is 2. The van der Waals surface area contributed by atoms with Crippen LogP contribution in [-0.2, 0) is 14.3 Å². The zero-order chi connectivity index (χ0) is 18.0. The Bertz CT molecular complexity index is 714. The highest BCUT2D eigenvalue weighted by atomic mass is 79.9. The van der Waals surface area contributed by atoms with Gasteiger partial charge >= 0.3 is 11.7 Å². The third-order valence-electron chi connectivity index (χ3n) is 3.48. The number of ether oxygens (including phenoxy) is 2. The van der Waals surface area contributed by atoms with Gasteiger partial charge in [-0.1, -0.05) is 13.8 Å². The molecule has 1 unspecified atom stereocenters. The number of nitrogens with zero attached hydrogens (tertiary/aromatic N) is 1. The summed E-state index contributed by atoms with van der Waals surface area (Å²) >= 11 is 3.00. The van der Waals surface area contributed by atoms with Crippen LogP contribution >= 0.6 is 15.9 Å². The Morgan fingerprint density at radius 2 is 2.21 bits per heavy atom. The van der Waals surface area contributed by atoms with Crippen LogP contribution in [0.1, 0.15) is 26.5 Å². The largest absolute Gasteiger partial charge is 0.463 e. The molecule has 1 aromatic rings. The van der Waals surface area contributed by atoms with E-state index in [2.05, 4.69) is 20.9 Å². The fraction of sp³-hybridized carbons (Fsp3) is 0.643. The molecule has 24 heavy (non-hydrogen) atoms. The predicted molar refractivity (Wildman–Crippen MR) is 85.4 cm³/mol. The Morgan fingerprint density at radius 3 is 2.83 bits per heavy atom. The lowest BCUT2D eigenvalue weighted by atomic mass is 10.1. The van der Waals surface area contributed by atoms with E-state index in [-0.39, 0.29) is 23.4 Å². The second-order valence-corrected chi connectivity index (χ2v) is 6.83. The first kappa shape index (κ1) is 18.8. The molecule has 10 heteroatoms. The average molecular weight is 407 g/mol. The Morgan fingerprint density at radius 1 is 1.54 bits per heavy atom. The van der Waals surface area contributed by atoms with E-state index in [9.17, 15) is 24.6 Å². The summed E-state index contributed by atoms with van der Waals surface area (Å²) in [6.07, 6.45) is -3.81. The molecule has 134 valence electrons. The number of H-pyrrole nitrogens is 1. The van der Waals surface area contributed by atoms with Gasteiger partial charge in [-0.05, 0) is 21.8 Å². The summed E-state index contributed by atoms with van der Waals surface area (Å²) in [5.41, 5.74) is -1.32. The molecule has 1 saturated heterocycles. The molecular formula is C14H19BrN2O7. The molecular weight excluding hydrogens is 388 g/mol. The van der Waals surface area contributed by atoms with Crippen molar-refractivity contribution >= 4 is 21.9 Å². The zero-order valence-corrected chi connectivity index (χ0v) is 14.7. The molecule has 2 rings (SSSR count). The summed E-state index contributed by atoms with van der Waals surface area (Å²) in [6, 6.07) is 0. The molecule has 4 atom stereocenters. The van der Waals surface area contributed by atoms with Gasteiger partial charge in [-0.2, -0.15) is 0 Å². The lowest BCUT2D eigenvalue weighted by Gasteiger charge is -2.20. The smallest absolute Gasteiger partial charge is 0.337 e. The normalized spacial score (nSPS) is 25.0. The zero-order valence-electron chi connectivity index (χ0n) is 13.1. The molecule has 0 bridgehead atoms. The van der Waals surface area contributed by atoms with Gasteiger partial charge in [0, 0.05) is 12.6 Å². The molecule has 2 heterocycles. The molecule has 0 aromatic carbocycles. The fourth-order valence-electron chi connectivity index (χ4n) is 2.28. The third-order valence-corrected chi connectivity index (χ3v) is 4.05. The van der Waals surface area contributed by atoms with Gasteiger partial charge in [0.25, 0.3) is 5.56 Å². The first-order chi connectivity index (χ1) is 11.2. The predicted octanol–water partition coefficient (Wildman–Crippen LogP) is -0.492. The van der Waals surface area contributed by atoms with Crippen LogP contribution in [0.25, 0.3) is 0 Å². The lowest BCUT2D eigenvalue weighted by Crippen LogP contribution is -2.41. The number of esters is 1. The van der Waals surface area contributed by atoms with Gasteiger partial charge < -0.3 is 19.7 Å². The Kier molecular flexibility index (Phi) is 5.97. The van der Waals surface area contributed by atoms with Gasteiger partial charge in [0.05, 0.1) is 17.2 Å². The fourth-order valence-corrected chi connectivity index (χ4v) is 2.59. The molecule has 0 radical (unpaired) electrons. The third kappa shape index (κ3) is 4.12. The number of halogens is 1. The van der Waals surface area contributed by atoms with E-state index in [0.29, 0.717) is 0 Å². The average Bonchev–Trinajstić information content (AvgIpc) is 2.89. The van der Waals surface area contributed by atoms with Gasteiger partial charge in [-0.15, -0.1) is 0 Å². The highest BCUT2D eigenvalue weighted by Crippen LogP contribution is 2.30. The summed E-state index contributed by atoms with van der Waals surface area (Å²) in [5.74, 6) is -0.802. The number of aromatic amines is 1. The van der Waals surface area contributed by atoms with E-state index in [1.807, 2.05) is 13.8 Å². The van der Waals surface area contributed by atoms with E-state index < -0.39 is 41.8 Å². The quantitative estimate of drug-likeness (QED) is 0.562. The summed E-state index contributed by atoms with van der Waals surface area (Å²) in [5, 5.41) is 20.1. The number of rotatable bonds is 5. The van der Waals surface area contributed by atoms with Crippen LogP contribution in [0.5, 0.6) is 0 Å². The van der Waals surface area contributed by atoms with E-state index in [1.165, 1.54) is 6.20 Å². The van der Waals surface area contributed by atoms with Gasteiger partial charge in [-0.3, -0.25) is 14.3 Å². The van der Waals surface area contributed by atoms with Crippen molar-refractivity contribution in [2.75, 3.05) is 6.61 Å². The van der Waals surface area contributed by atoms with Crippen molar-refractivity contribution in [1.29, 1.82) is 0 Å². The van der Waals surface area contributed by atoms with Crippen molar-refractivity contribution in [3.05, 3.63) is 31.5 Å².